The average molecular weight is 285 g/mol. The lowest BCUT2D eigenvalue weighted by molar-refractivity contribution is -0.146. The lowest BCUT2D eigenvalue weighted by Gasteiger charge is -2.20. The molecule has 106 valence electrons. The first-order valence-electron chi connectivity index (χ1n) is 5.86. The Morgan fingerprint density at radius 2 is 1.89 bits per heavy atom. The third-order valence-corrected chi connectivity index (χ3v) is 4.46. The lowest BCUT2D eigenvalue weighted by Crippen LogP contribution is -2.39. The van der Waals surface area contributed by atoms with Gasteiger partial charge < -0.3 is 5.11 Å². The minimum atomic E-state index is -3.69. The van der Waals surface area contributed by atoms with Crippen LogP contribution >= 0.6 is 0 Å². The zero-order chi connectivity index (χ0) is 14.8. The molecule has 0 unspecified atom stereocenters. The Bertz CT molecular complexity index is 591. The second-order valence-electron chi connectivity index (χ2n) is 5.28. The van der Waals surface area contributed by atoms with E-state index in [1.54, 1.807) is 26.0 Å². The molecule has 0 saturated carbocycles. The van der Waals surface area contributed by atoms with E-state index in [4.69, 9.17) is 5.11 Å². The van der Waals surface area contributed by atoms with Crippen molar-refractivity contribution in [3.63, 3.8) is 0 Å². The van der Waals surface area contributed by atoms with E-state index in [0.717, 1.165) is 5.56 Å². The molecule has 6 heteroatoms. The summed E-state index contributed by atoms with van der Waals surface area (Å²) >= 11 is 0. The van der Waals surface area contributed by atoms with Crippen molar-refractivity contribution in [2.45, 2.75) is 32.6 Å². The summed E-state index contributed by atoms with van der Waals surface area (Å²) in [4.78, 5) is 11.1. The molecule has 0 radical (unpaired) electrons. The van der Waals surface area contributed by atoms with Crippen LogP contribution < -0.4 is 4.72 Å². The van der Waals surface area contributed by atoms with Crippen molar-refractivity contribution < 1.29 is 18.3 Å². The molecule has 2 N–H and O–H groups in total. The summed E-state index contributed by atoms with van der Waals surface area (Å²) in [6.07, 6.45) is 0. The van der Waals surface area contributed by atoms with Crippen LogP contribution in [0.5, 0.6) is 0 Å². The quantitative estimate of drug-likeness (QED) is 0.862. The number of hydrogen-bond donors (Lipinski definition) is 2. The lowest BCUT2D eigenvalue weighted by atomic mass is 9.95. The van der Waals surface area contributed by atoms with Crippen LogP contribution in [0.1, 0.15) is 25.0 Å². The SMILES string of the molecule is Cc1ccc(C)c(S(=O)(=O)NCC(C)(C)C(=O)O)c1. The number of hydrogen-bond acceptors (Lipinski definition) is 3. The predicted molar refractivity (Wildman–Crippen MR) is 72.5 cm³/mol. The van der Waals surface area contributed by atoms with Crippen molar-refractivity contribution >= 4 is 16.0 Å². The van der Waals surface area contributed by atoms with Gasteiger partial charge in [-0.15, -0.1) is 0 Å². The van der Waals surface area contributed by atoms with Crippen molar-refractivity contribution in [2.24, 2.45) is 5.41 Å². The van der Waals surface area contributed by atoms with Crippen LogP contribution in [0.2, 0.25) is 0 Å². The monoisotopic (exact) mass is 285 g/mol. The summed E-state index contributed by atoms with van der Waals surface area (Å²) in [5, 5.41) is 8.97. The van der Waals surface area contributed by atoms with Gasteiger partial charge in [0.25, 0.3) is 0 Å². The Morgan fingerprint density at radius 3 is 2.42 bits per heavy atom. The van der Waals surface area contributed by atoms with Crippen LogP contribution in [0.25, 0.3) is 0 Å². The fourth-order valence-corrected chi connectivity index (χ4v) is 2.96. The Morgan fingerprint density at radius 1 is 1.32 bits per heavy atom. The van der Waals surface area contributed by atoms with Gasteiger partial charge in [0.05, 0.1) is 10.3 Å². The van der Waals surface area contributed by atoms with Crippen LogP contribution in [0.3, 0.4) is 0 Å². The summed E-state index contributed by atoms with van der Waals surface area (Å²) in [5.74, 6) is -1.05. The molecule has 0 atom stereocenters. The highest BCUT2D eigenvalue weighted by Crippen LogP contribution is 2.19. The number of carboxylic acid groups (broad SMARTS) is 1. The molecule has 0 aliphatic heterocycles. The molecule has 0 bridgehead atoms. The first kappa shape index (κ1) is 15.7. The van der Waals surface area contributed by atoms with Crippen LogP contribution in [0, 0.1) is 19.3 Å². The van der Waals surface area contributed by atoms with E-state index in [1.807, 2.05) is 6.07 Å². The maximum atomic E-state index is 12.2. The van der Waals surface area contributed by atoms with Crippen molar-refractivity contribution in [2.75, 3.05) is 6.54 Å². The average Bonchev–Trinajstić information content (AvgIpc) is 2.30. The number of carboxylic acids is 1. The van der Waals surface area contributed by atoms with Crippen LogP contribution in [-0.2, 0) is 14.8 Å². The van der Waals surface area contributed by atoms with Gasteiger partial charge in [-0.05, 0) is 44.9 Å². The summed E-state index contributed by atoms with van der Waals surface area (Å²) in [7, 11) is -3.69. The van der Waals surface area contributed by atoms with Gasteiger partial charge in [0.2, 0.25) is 10.0 Å². The number of benzene rings is 1. The molecule has 0 aromatic heterocycles. The molecule has 5 nitrogen and oxygen atoms in total. The Hall–Kier alpha value is -1.40. The van der Waals surface area contributed by atoms with Gasteiger partial charge in [-0.25, -0.2) is 13.1 Å². The molecule has 1 rings (SSSR count). The molecule has 1 aromatic rings. The van der Waals surface area contributed by atoms with Crippen molar-refractivity contribution in [3.05, 3.63) is 29.3 Å². The molecule has 19 heavy (non-hydrogen) atoms. The number of sulfonamides is 1. The summed E-state index contributed by atoms with van der Waals surface area (Å²) < 4.78 is 26.7. The van der Waals surface area contributed by atoms with Gasteiger partial charge in [0, 0.05) is 6.54 Å². The van der Waals surface area contributed by atoms with Crippen molar-refractivity contribution in [1.29, 1.82) is 0 Å². The molecular formula is C13H19NO4S. The number of aryl methyl sites for hydroxylation is 2. The number of nitrogens with one attached hydrogen (secondary N) is 1. The Kier molecular flexibility index (Phi) is 4.37. The summed E-state index contributed by atoms with van der Waals surface area (Å²) in [5.41, 5.74) is 0.319. The zero-order valence-electron chi connectivity index (χ0n) is 11.5. The highest BCUT2D eigenvalue weighted by atomic mass is 32.2. The van der Waals surface area contributed by atoms with Crippen molar-refractivity contribution in [3.8, 4) is 0 Å². The first-order chi connectivity index (χ1) is 8.56. The molecular weight excluding hydrogens is 266 g/mol. The van der Waals surface area contributed by atoms with E-state index in [0.29, 0.717) is 5.56 Å². The summed E-state index contributed by atoms with van der Waals surface area (Å²) in [6.45, 7) is 6.30. The molecule has 0 fully saturated rings. The minimum Gasteiger partial charge on any atom is -0.481 e. The topological polar surface area (TPSA) is 83.5 Å². The maximum absolute atomic E-state index is 12.2. The highest BCUT2D eigenvalue weighted by molar-refractivity contribution is 7.89. The van der Waals surface area contributed by atoms with Gasteiger partial charge in [0.1, 0.15) is 0 Å². The fourth-order valence-electron chi connectivity index (χ4n) is 1.43. The van der Waals surface area contributed by atoms with E-state index in [2.05, 4.69) is 4.72 Å². The molecule has 1 aromatic carbocycles. The van der Waals surface area contributed by atoms with Gasteiger partial charge in [-0.1, -0.05) is 12.1 Å². The van der Waals surface area contributed by atoms with E-state index in [-0.39, 0.29) is 11.4 Å². The number of rotatable bonds is 5. The molecule has 0 aliphatic rings. The fraction of sp³-hybridized carbons (Fsp3) is 0.462. The van der Waals surface area contributed by atoms with E-state index >= 15 is 0 Å². The van der Waals surface area contributed by atoms with Crippen LogP contribution in [-0.4, -0.2) is 26.0 Å². The van der Waals surface area contributed by atoms with Crippen LogP contribution in [0.4, 0.5) is 0 Å². The van der Waals surface area contributed by atoms with E-state index in [9.17, 15) is 13.2 Å². The summed E-state index contributed by atoms with van der Waals surface area (Å²) in [6, 6.07) is 5.13. The zero-order valence-corrected chi connectivity index (χ0v) is 12.3. The molecule has 0 saturated heterocycles. The van der Waals surface area contributed by atoms with Gasteiger partial charge in [-0.3, -0.25) is 4.79 Å². The standard InChI is InChI=1S/C13H19NO4S/c1-9-5-6-10(2)11(7-9)19(17,18)14-8-13(3,4)12(15)16/h5-7,14H,8H2,1-4H3,(H,15,16). The normalized spacial score (nSPS) is 12.4. The minimum absolute atomic E-state index is 0.155. The van der Waals surface area contributed by atoms with Gasteiger partial charge in [0.15, 0.2) is 0 Å². The smallest absolute Gasteiger partial charge is 0.310 e. The first-order valence-corrected chi connectivity index (χ1v) is 7.35. The third-order valence-electron chi connectivity index (χ3n) is 2.92. The largest absolute Gasteiger partial charge is 0.481 e. The number of carbonyl (C=O) groups is 1. The van der Waals surface area contributed by atoms with Crippen molar-refractivity contribution in [1.82, 2.24) is 4.72 Å². The molecule has 0 amide bonds. The van der Waals surface area contributed by atoms with Gasteiger partial charge in [-0.2, -0.15) is 0 Å². The molecule has 0 aliphatic carbocycles. The Labute approximate surface area is 113 Å². The second-order valence-corrected chi connectivity index (χ2v) is 7.02. The second kappa shape index (κ2) is 5.30. The van der Waals surface area contributed by atoms with Crippen LogP contribution in [0.15, 0.2) is 23.1 Å². The van der Waals surface area contributed by atoms with E-state index in [1.165, 1.54) is 13.8 Å². The highest BCUT2D eigenvalue weighted by Gasteiger charge is 2.29. The molecule has 0 spiro atoms. The number of aliphatic carboxylic acids is 1. The maximum Gasteiger partial charge on any atom is 0.310 e. The van der Waals surface area contributed by atoms with E-state index < -0.39 is 21.4 Å². The predicted octanol–water partition coefficient (Wildman–Crippen LogP) is 1.69. The molecule has 0 heterocycles. The Balaban J connectivity index is 3.00. The third kappa shape index (κ3) is 3.78. The van der Waals surface area contributed by atoms with Gasteiger partial charge >= 0.3 is 5.97 Å².